The van der Waals surface area contributed by atoms with E-state index in [1.165, 1.54) is 0 Å². The van der Waals surface area contributed by atoms with Crippen LogP contribution in [0.5, 0.6) is 0 Å². The number of H-pyrrole nitrogens is 1. The van der Waals surface area contributed by atoms with E-state index in [0.717, 1.165) is 30.5 Å². The molecule has 2 fully saturated rings. The summed E-state index contributed by atoms with van der Waals surface area (Å²) < 4.78 is 5.97. The number of aromatic nitrogens is 2. The minimum atomic E-state index is -0.353. The minimum absolute atomic E-state index is 0.0142. The largest absolute Gasteiger partial charge is 0.368 e. The van der Waals surface area contributed by atoms with E-state index < -0.39 is 0 Å². The number of carbonyl (C=O) groups is 2. The summed E-state index contributed by atoms with van der Waals surface area (Å²) in [5.74, 6) is -0.0496. The normalized spacial score (nSPS) is 25.4. The Morgan fingerprint density at radius 2 is 2.12 bits per heavy atom. The Morgan fingerprint density at radius 3 is 2.83 bits per heavy atom. The zero-order chi connectivity index (χ0) is 16.9. The highest BCUT2D eigenvalue weighted by Crippen LogP contribution is 2.33. The van der Waals surface area contributed by atoms with E-state index in [4.69, 9.17) is 4.74 Å². The quantitative estimate of drug-likeness (QED) is 0.737. The van der Waals surface area contributed by atoms with Gasteiger partial charge in [-0.25, -0.2) is 0 Å². The van der Waals surface area contributed by atoms with Gasteiger partial charge < -0.3 is 15.0 Å². The average molecular weight is 333 g/mol. The molecule has 2 aliphatic heterocycles. The van der Waals surface area contributed by atoms with Gasteiger partial charge in [-0.2, -0.15) is 5.10 Å². The number of ether oxygens (including phenoxy) is 1. The fourth-order valence-electron chi connectivity index (χ4n) is 4.07. The number of rotatable bonds is 2. The fraction of sp³-hybridized carbons (Fsp3) is 0.688. The van der Waals surface area contributed by atoms with Crippen molar-refractivity contribution < 1.29 is 14.3 Å². The van der Waals surface area contributed by atoms with Crippen LogP contribution < -0.4 is 5.32 Å². The molecular formula is C16H23N5O3. The lowest BCUT2D eigenvalue weighted by atomic mass is 9.90. The van der Waals surface area contributed by atoms with Crippen molar-refractivity contribution in [3.8, 4) is 0 Å². The van der Waals surface area contributed by atoms with Gasteiger partial charge >= 0.3 is 0 Å². The molecule has 1 aromatic rings. The molecule has 0 aromatic carbocycles. The molecule has 1 spiro atoms. The highest BCUT2D eigenvalue weighted by molar-refractivity contribution is 5.95. The van der Waals surface area contributed by atoms with Gasteiger partial charge in [0.1, 0.15) is 11.6 Å². The number of aryl methyl sites for hydroxylation is 1. The fourth-order valence-corrected chi connectivity index (χ4v) is 4.07. The monoisotopic (exact) mass is 333 g/mol. The van der Waals surface area contributed by atoms with Gasteiger partial charge in [-0.15, -0.1) is 0 Å². The molecule has 2 amide bonds. The third kappa shape index (κ3) is 2.32. The van der Waals surface area contributed by atoms with E-state index in [2.05, 4.69) is 15.5 Å². The molecule has 2 N–H and O–H groups in total. The highest BCUT2D eigenvalue weighted by atomic mass is 16.5. The Bertz CT molecular complexity index is 679. The molecule has 0 radical (unpaired) electrons. The van der Waals surface area contributed by atoms with E-state index in [9.17, 15) is 9.59 Å². The molecule has 130 valence electrons. The van der Waals surface area contributed by atoms with Gasteiger partial charge in [-0.05, 0) is 26.3 Å². The van der Waals surface area contributed by atoms with Crippen molar-refractivity contribution >= 4 is 11.8 Å². The van der Waals surface area contributed by atoms with Crippen LogP contribution in [0.1, 0.15) is 28.2 Å². The molecule has 1 aromatic heterocycles. The average Bonchev–Trinajstić information content (AvgIpc) is 3.14. The van der Waals surface area contributed by atoms with E-state index in [-0.39, 0.29) is 23.5 Å². The van der Waals surface area contributed by atoms with Gasteiger partial charge in [-0.1, -0.05) is 0 Å². The summed E-state index contributed by atoms with van der Waals surface area (Å²) >= 11 is 0. The van der Waals surface area contributed by atoms with Crippen molar-refractivity contribution in [2.24, 2.45) is 0 Å². The standard InChI is InChI=1S/C16H23N5O3/c1-17-14(22)12-6-24-16(7-20(12)2)8-21(9-16)15(23)13-10-4-3-5-11(10)18-19-13/h12H,3-9H2,1-2H3,(H,17,22)(H,18,19). The van der Waals surface area contributed by atoms with Crippen LogP contribution in [0.3, 0.4) is 0 Å². The molecule has 2 saturated heterocycles. The highest BCUT2D eigenvalue weighted by Gasteiger charge is 2.51. The second-order valence-electron chi connectivity index (χ2n) is 7.08. The molecular weight excluding hydrogens is 310 g/mol. The van der Waals surface area contributed by atoms with Crippen LogP contribution in [0.25, 0.3) is 0 Å². The lowest BCUT2D eigenvalue weighted by Crippen LogP contribution is -2.73. The Balaban J connectivity index is 1.39. The molecule has 0 saturated carbocycles. The molecule has 1 unspecified atom stereocenters. The van der Waals surface area contributed by atoms with E-state index in [1.54, 1.807) is 11.9 Å². The van der Waals surface area contributed by atoms with Crippen LogP contribution in [0.4, 0.5) is 0 Å². The number of amides is 2. The third-order valence-corrected chi connectivity index (χ3v) is 5.42. The first-order valence-electron chi connectivity index (χ1n) is 8.44. The van der Waals surface area contributed by atoms with Gasteiger partial charge in [0.25, 0.3) is 5.91 Å². The first-order chi connectivity index (χ1) is 11.5. The van der Waals surface area contributed by atoms with Crippen LogP contribution in [-0.2, 0) is 22.4 Å². The molecule has 8 nitrogen and oxygen atoms in total. The number of likely N-dealkylation sites (tertiary alicyclic amines) is 1. The predicted molar refractivity (Wildman–Crippen MR) is 85.7 cm³/mol. The van der Waals surface area contributed by atoms with E-state index >= 15 is 0 Å². The SMILES string of the molecule is CNC(=O)C1COC2(CN(C(=O)c3n[nH]c4c3CCC4)C2)CN1C. The van der Waals surface area contributed by atoms with Crippen molar-refractivity contribution in [2.75, 3.05) is 40.3 Å². The van der Waals surface area contributed by atoms with Crippen molar-refractivity contribution in [3.05, 3.63) is 17.0 Å². The number of nitrogens with zero attached hydrogens (tertiary/aromatic N) is 3. The van der Waals surface area contributed by atoms with E-state index in [0.29, 0.717) is 31.9 Å². The van der Waals surface area contributed by atoms with Gasteiger partial charge in [0.05, 0.1) is 19.7 Å². The van der Waals surface area contributed by atoms with Crippen molar-refractivity contribution in [1.82, 2.24) is 25.3 Å². The van der Waals surface area contributed by atoms with Crippen LogP contribution in [0.2, 0.25) is 0 Å². The maximum atomic E-state index is 12.7. The summed E-state index contributed by atoms with van der Waals surface area (Å²) in [5.41, 5.74) is 2.41. The van der Waals surface area contributed by atoms with Crippen LogP contribution >= 0.6 is 0 Å². The van der Waals surface area contributed by atoms with Crippen molar-refractivity contribution in [3.63, 3.8) is 0 Å². The number of hydrogen-bond acceptors (Lipinski definition) is 5. The Kier molecular flexibility index (Phi) is 3.61. The first-order valence-corrected chi connectivity index (χ1v) is 8.44. The predicted octanol–water partition coefficient (Wildman–Crippen LogP) is -0.830. The zero-order valence-corrected chi connectivity index (χ0v) is 14.1. The summed E-state index contributed by atoms with van der Waals surface area (Å²) in [6.07, 6.45) is 3.00. The lowest BCUT2D eigenvalue weighted by Gasteiger charge is -2.54. The van der Waals surface area contributed by atoms with Crippen LogP contribution in [-0.4, -0.2) is 83.8 Å². The van der Waals surface area contributed by atoms with Gasteiger partial charge in [0, 0.05) is 24.8 Å². The number of hydrogen-bond donors (Lipinski definition) is 2. The molecule has 4 rings (SSSR count). The van der Waals surface area contributed by atoms with Crippen LogP contribution in [0, 0.1) is 0 Å². The second kappa shape index (κ2) is 5.56. The Morgan fingerprint density at radius 1 is 1.33 bits per heavy atom. The molecule has 1 aliphatic carbocycles. The summed E-state index contributed by atoms with van der Waals surface area (Å²) in [4.78, 5) is 28.3. The number of carbonyl (C=O) groups excluding carboxylic acids is 2. The number of fused-ring (bicyclic) bond motifs is 1. The number of morpholine rings is 1. The minimum Gasteiger partial charge on any atom is -0.368 e. The molecule has 1 atom stereocenters. The summed E-state index contributed by atoms with van der Waals surface area (Å²) in [6.45, 7) is 2.11. The molecule has 8 heteroatoms. The Hall–Kier alpha value is -1.93. The van der Waals surface area contributed by atoms with Gasteiger partial charge in [0.15, 0.2) is 5.69 Å². The molecule has 3 aliphatic rings. The molecule has 24 heavy (non-hydrogen) atoms. The maximum Gasteiger partial charge on any atom is 0.274 e. The molecule has 0 bridgehead atoms. The number of likely N-dealkylation sites (N-methyl/N-ethyl adjacent to an activating group) is 2. The number of aromatic amines is 1. The second-order valence-corrected chi connectivity index (χ2v) is 7.08. The van der Waals surface area contributed by atoms with Crippen molar-refractivity contribution in [2.45, 2.75) is 30.9 Å². The smallest absolute Gasteiger partial charge is 0.274 e. The van der Waals surface area contributed by atoms with Gasteiger partial charge in [-0.3, -0.25) is 19.6 Å². The summed E-state index contributed by atoms with van der Waals surface area (Å²) in [7, 11) is 3.56. The van der Waals surface area contributed by atoms with Crippen molar-refractivity contribution in [1.29, 1.82) is 0 Å². The summed E-state index contributed by atoms with van der Waals surface area (Å²) in [5, 5.41) is 9.87. The topological polar surface area (TPSA) is 90.6 Å². The van der Waals surface area contributed by atoms with E-state index in [1.807, 2.05) is 11.9 Å². The summed E-state index contributed by atoms with van der Waals surface area (Å²) in [6, 6.07) is -0.264. The third-order valence-electron chi connectivity index (χ3n) is 5.42. The first kappa shape index (κ1) is 15.6. The number of nitrogens with one attached hydrogen (secondary N) is 2. The lowest BCUT2D eigenvalue weighted by molar-refractivity contribution is -0.187. The Labute approximate surface area is 140 Å². The zero-order valence-electron chi connectivity index (χ0n) is 14.1. The maximum absolute atomic E-state index is 12.7. The van der Waals surface area contributed by atoms with Crippen LogP contribution in [0.15, 0.2) is 0 Å². The van der Waals surface area contributed by atoms with Gasteiger partial charge in [0.2, 0.25) is 5.91 Å². The molecule has 3 heterocycles.